The van der Waals surface area contributed by atoms with E-state index in [1.807, 2.05) is 0 Å². The minimum absolute atomic E-state index is 0.105. The van der Waals surface area contributed by atoms with E-state index in [-0.39, 0.29) is 11.4 Å². The van der Waals surface area contributed by atoms with Crippen LogP contribution in [-0.2, 0) is 16.6 Å². The van der Waals surface area contributed by atoms with Gasteiger partial charge in [-0.25, -0.2) is 18.1 Å². The Hall–Kier alpha value is -1.86. The van der Waals surface area contributed by atoms with Crippen LogP contribution < -0.4 is 10.0 Å². The molecule has 0 unspecified atom stereocenters. The minimum atomic E-state index is -3.61. The topological polar surface area (TPSA) is 84.2 Å². The molecule has 0 bridgehead atoms. The van der Waals surface area contributed by atoms with Crippen molar-refractivity contribution in [3.8, 4) is 0 Å². The summed E-state index contributed by atoms with van der Waals surface area (Å²) in [4.78, 5) is 4.06. The highest BCUT2D eigenvalue weighted by Gasteiger charge is 2.18. The fraction of sp³-hybridized carbons (Fsp3) is 0.182. The van der Waals surface area contributed by atoms with Crippen LogP contribution >= 0.6 is 0 Å². The van der Waals surface area contributed by atoms with Crippen LogP contribution in [0.4, 0.5) is 5.82 Å². The van der Waals surface area contributed by atoms with Crippen molar-refractivity contribution in [1.82, 2.24) is 9.71 Å². The summed E-state index contributed by atoms with van der Waals surface area (Å²) in [7, 11) is -2.00. The highest BCUT2D eigenvalue weighted by molar-refractivity contribution is 7.89. The van der Waals surface area contributed by atoms with Crippen molar-refractivity contribution < 1.29 is 12.8 Å². The molecule has 0 aromatic carbocycles. The number of hydrogen-bond acceptors (Lipinski definition) is 5. The zero-order chi connectivity index (χ0) is 13.0. The number of furan rings is 1. The van der Waals surface area contributed by atoms with Crippen molar-refractivity contribution >= 4 is 15.8 Å². The Morgan fingerprint density at radius 2 is 2.17 bits per heavy atom. The van der Waals surface area contributed by atoms with Crippen molar-refractivity contribution in [2.75, 3.05) is 12.4 Å². The quantitative estimate of drug-likeness (QED) is 0.850. The maximum absolute atomic E-state index is 12.1. The second kappa shape index (κ2) is 5.19. The molecule has 2 aromatic rings. The van der Waals surface area contributed by atoms with E-state index < -0.39 is 10.0 Å². The van der Waals surface area contributed by atoms with E-state index in [1.54, 1.807) is 25.2 Å². The van der Waals surface area contributed by atoms with Gasteiger partial charge in [0.1, 0.15) is 16.5 Å². The Kier molecular flexibility index (Phi) is 3.63. The van der Waals surface area contributed by atoms with E-state index in [0.29, 0.717) is 11.6 Å². The van der Waals surface area contributed by atoms with Crippen molar-refractivity contribution in [2.45, 2.75) is 11.4 Å². The van der Waals surface area contributed by atoms with Gasteiger partial charge in [-0.1, -0.05) is 0 Å². The van der Waals surface area contributed by atoms with Gasteiger partial charge in [-0.05, 0) is 24.3 Å². The molecule has 0 radical (unpaired) electrons. The first-order valence-corrected chi connectivity index (χ1v) is 6.76. The Morgan fingerprint density at radius 1 is 1.33 bits per heavy atom. The third-order valence-corrected chi connectivity index (χ3v) is 3.75. The molecule has 7 heteroatoms. The normalized spacial score (nSPS) is 11.4. The first-order chi connectivity index (χ1) is 8.63. The summed E-state index contributed by atoms with van der Waals surface area (Å²) < 4.78 is 31.7. The van der Waals surface area contributed by atoms with Gasteiger partial charge in [0.25, 0.3) is 0 Å². The van der Waals surface area contributed by atoms with E-state index in [9.17, 15) is 8.42 Å². The van der Waals surface area contributed by atoms with Crippen LogP contribution in [0.15, 0.2) is 46.0 Å². The minimum Gasteiger partial charge on any atom is -0.468 e. The van der Waals surface area contributed by atoms with E-state index >= 15 is 0 Å². The van der Waals surface area contributed by atoms with Gasteiger partial charge in [-0.15, -0.1) is 0 Å². The van der Waals surface area contributed by atoms with Gasteiger partial charge in [-0.2, -0.15) is 0 Å². The first kappa shape index (κ1) is 12.6. The SMILES string of the molecule is CNc1ncccc1S(=O)(=O)NCc1ccco1. The fourth-order valence-corrected chi connectivity index (χ4v) is 2.61. The van der Waals surface area contributed by atoms with Gasteiger partial charge in [0.2, 0.25) is 10.0 Å². The molecule has 0 aliphatic heterocycles. The molecule has 2 aromatic heterocycles. The summed E-state index contributed by atoms with van der Waals surface area (Å²) in [6, 6.07) is 6.46. The van der Waals surface area contributed by atoms with Crippen LogP contribution in [0.25, 0.3) is 0 Å². The van der Waals surface area contributed by atoms with Crippen molar-refractivity contribution in [2.24, 2.45) is 0 Å². The van der Waals surface area contributed by atoms with Crippen LogP contribution in [0.3, 0.4) is 0 Å². The standard InChI is InChI=1S/C11H13N3O3S/c1-12-11-10(5-2-6-13-11)18(15,16)14-8-9-4-3-7-17-9/h2-7,14H,8H2,1H3,(H,12,13). The zero-order valence-corrected chi connectivity index (χ0v) is 10.6. The van der Waals surface area contributed by atoms with E-state index in [0.717, 1.165) is 0 Å². The molecular weight excluding hydrogens is 254 g/mol. The third-order valence-electron chi connectivity index (χ3n) is 2.31. The molecule has 18 heavy (non-hydrogen) atoms. The first-order valence-electron chi connectivity index (χ1n) is 5.28. The van der Waals surface area contributed by atoms with E-state index in [4.69, 9.17) is 4.42 Å². The predicted molar refractivity (Wildman–Crippen MR) is 66.5 cm³/mol. The van der Waals surface area contributed by atoms with Crippen LogP contribution in [0.1, 0.15) is 5.76 Å². The molecule has 2 rings (SSSR count). The highest BCUT2D eigenvalue weighted by Crippen LogP contribution is 2.17. The van der Waals surface area contributed by atoms with Crippen molar-refractivity contribution in [3.63, 3.8) is 0 Å². The molecule has 0 aliphatic rings. The molecule has 2 N–H and O–H groups in total. The average molecular weight is 267 g/mol. The molecular formula is C11H13N3O3S. The summed E-state index contributed by atoms with van der Waals surface area (Å²) in [5, 5.41) is 2.74. The lowest BCUT2D eigenvalue weighted by Crippen LogP contribution is -2.24. The van der Waals surface area contributed by atoms with Gasteiger partial charge >= 0.3 is 0 Å². The molecule has 0 atom stereocenters. The van der Waals surface area contributed by atoms with Crippen LogP contribution in [-0.4, -0.2) is 20.4 Å². The number of aromatic nitrogens is 1. The maximum atomic E-state index is 12.1. The van der Waals surface area contributed by atoms with Gasteiger partial charge in [0, 0.05) is 13.2 Å². The summed E-state index contributed by atoms with van der Waals surface area (Å²) >= 11 is 0. The molecule has 0 aliphatic carbocycles. The lowest BCUT2D eigenvalue weighted by atomic mass is 10.5. The molecule has 0 saturated heterocycles. The number of hydrogen-bond donors (Lipinski definition) is 2. The molecule has 0 saturated carbocycles. The van der Waals surface area contributed by atoms with Gasteiger partial charge < -0.3 is 9.73 Å². The number of sulfonamides is 1. The van der Waals surface area contributed by atoms with Gasteiger partial charge in [0.15, 0.2) is 0 Å². The lowest BCUT2D eigenvalue weighted by molar-refractivity contribution is 0.498. The van der Waals surface area contributed by atoms with Gasteiger partial charge in [-0.3, -0.25) is 0 Å². The Morgan fingerprint density at radius 3 is 2.83 bits per heavy atom. The third kappa shape index (κ3) is 2.69. The second-order valence-corrected chi connectivity index (χ2v) is 5.24. The Bertz CT molecular complexity index is 608. The fourth-order valence-electron chi connectivity index (χ4n) is 1.45. The number of pyridine rings is 1. The zero-order valence-electron chi connectivity index (χ0n) is 9.75. The van der Waals surface area contributed by atoms with Crippen molar-refractivity contribution in [3.05, 3.63) is 42.5 Å². The molecule has 6 nitrogen and oxygen atoms in total. The largest absolute Gasteiger partial charge is 0.468 e. The predicted octanol–water partition coefficient (Wildman–Crippen LogP) is 1.19. The second-order valence-electron chi connectivity index (χ2n) is 3.50. The van der Waals surface area contributed by atoms with Crippen LogP contribution in [0.5, 0.6) is 0 Å². The highest BCUT2D eigenvalue weighted by atomic mass is 32.2. The number of rotatable bonds is 5. The lowest BCUT2D eigenvalue weighted by Gasteiger charge is -2.09. The molecule has 2 heterocycles. The summed E-state index contributed by atoms with van der Waals surface area (Å²) in [5.41, 5.74) is 0. The van der Waals surface area contributed by atoms with E-state index in [2.05, 4.69) is 15.0 Å². The number of anilines is 1. The molecule has 96 valence electrons. The monoisotopic (exact) mass is 267 g/mol. The maximum Gasteiger partial charge on any atom is 0.244 e. The molecule has 0 spiro atoms. The number of nitrogens with one attached hydrogen (secondary N) is 2. The summed E-state index contributed by atoms with van der Waals surface area (Å²) in [5.74, 6) is 0.859. The molecule has 0 fully saturated rings. The Labute approximate surface area is 105 Å². The number of nitrogens with zero attached hydrogens (tertiary/aromatic N) is 1. The molecule has 0 amide bonds. The summed E-state index contributed by atoms with van der Waals surface area (Å²) in [6.07, 6.45) is 3.02. The average Bonchev–Trinajstić information content (AvgIpc) is 2.89. The van der Waals surface area contributed by atoms with Crippen LogP contribution in [0, 0.1) is 0 Å². The summed E-state index contributed by atoms with van der Waals surface area (Å²) in [6.45, 7) is 0.105. The smallest absolute Gasteiger partial charge is 0.244 e. The van der Waals surface area contributed by atoms with Crippen LogP contribution in [0.2, 0.25) is 0 Å². The van der Waals surface area contributed by atoms with E-state index in [1.165, 1.54) is 18.5 Å². The van der Waals surface area contributed by atoms with Gasteiger partial charge in [0.05, 0.1) is 12.8 Å². The Balaban J connectivity index is 2.20. The van der Waals surface area contributed by atoms with Crippen molar-refractivity contribution in [1.29, 1.82) is 0 Å².